The molecule has 1 saturated heterocycles. The van der Waals surface area contributed by atoms with Crippen LogP contribution in [0.25, 0.3) is 0 Å². The maximum atomic E-state index is 5.67. The number of hydrogen-bond acceptors (Lipinski definition) is 5. The van der Waals surface area contributed by atoms with Gasteiger partial charge in [0.2, 0.25) is 0 Å². The SMILES string of the molecule is CCCOc1cccnc1NCC1(OC)CCOC1. The van der Waals surface area contributed by atoms with Crippen LogP contribution in [0.5, 0.6) is 5.75 Å². The van der Waals surface area contributed by atoms with Gasteiger partial charge in [-0.25, -0.2) is 4.98 Å². The van der Waals surface area contributed by atoms with Gasteiger partial charge in [0, 0.05) is 32.9 Å². The monoisotopic (exact) mass is 266 g/mol. The van der Waals surface area contributed by atoms with Crippen molar-refractivity contribution in [3.05, 3.63) is 18.3 Å². The molecule has 1 aliphatic heterocycles. The van der Waals surface area contributed by atoms with Crippen molar-refractivity contribution < 1.29 is 14.2 Å². The summed E-state index contributed by atoms with van der Waals surface area (Å²) in [7, 11) is 1.73. The number of aromatic nitrogens is 1. The van der Waals surface area contributed by atoms with Crippen LogP contribution in [0, 0.1) is 0 Å². The fraction of sp³-hybridized carbons (Fsp3) is 0.643. The van der Waals surface area contributed by atoms with Crippen molar-refractivity contribution in [2.24, 2.45) is 0 Å². The normalized spacial score (nSPS) is 22.4. The highest BCUT2D eigenvalue weighted by atomic mass is 16.5. The van der Waals surface area contributed by atoms with Crippen molar-refractivity contribution in [3.8, 4) is 5.75 Å². The zero-order valence-electron chi connectivity index (χ0n) is 11.6. The summed E-state index contributed by atoms with van der Waals surface area (Å²) in [6.07, 6.45) is 3.63. The Hall–Kier alpha value is -1.33. The maximum absolute atomic E-state index is 5.67. The van der Waals surface area contributed by atoms with Gasteiger partial charge in [-0.3, -0.25) is 0 Å². The van der Waals surface area contributed by atoms with Gasteiger partial charge in [-0.15, -0.1) is 0 Å². The third-order valence-electron chi connectivity index (χ3n) is 3.31. The molecule has 0 radical (unpaired) electrons. The standard InChI is InChI=1S/C14H22N2O3/c1-3-8-19-12-5-4-7-15-13(12)16-10-14(17-2)6-9-18-11-14/h4-5,7H,3,6,8-11H2,1-2H3,(H,15,16). The van der Waals surface area contributed by atoms with E-state index in [1.165, 1.54) is 0 Å². The smallest absolute Gasteiger partial charge is 0.168 e. The summed E-state index contributed by atoms with van der Waals surface area (Å²) in [4.78, 5) is 4.33. The highest BCUT2D eigenvalue weighted by Crippen LogP contribution is 2.26. The van der Waals surface area contributed by atoms with Crippen molar-refractivity contribution in [1.29, 1.82) is 0 Å². The topological polar surface area (TPSA) is 52.6 Å². The molecule has 1 atom stereocenters. The van der Waals surface area contributed by atoms with E-state index in [9.17, 15) is 0 Å². The Morgan fingerprint density at radius 2 is 2.42 bits per heavy atom. The predicted octanol–water partition coefficient (Wildman–Crippen LogP) is 2.09. The first kappa shape index (κ1) is 14.1. The van der Waals surface area contributed by atoms with Gasteiger partial charge in [0.05, 0.1) is 13.2 Å². The van der Waals surface area contributed by atoms with Gasteiger partial charge in [-0.2, -0.15) is 0 Å². The van der Waals surface area contributed by atoms with Gasteiger partial charge in [-0.05, 0) is 18.6 Å². The van der Waals surface area contributed by atoms with E-state index >= 15 is 0 Å². The quantitative estimate of drug-likeness (QED) is 0.819. The zero-order valence-corrected chi connectivity index (χ0v) is 11.6. The average molecular weight is 266 g/mol. The number of hydrogen-bond donors (Lipinski definition) is 1. The Morgan fingerprint density at radius 1 is 1.53 bits per heavy atom. The van der Waals surface area contributed by atoms with Gasteiger partial charge in [0.25, 0.3) is 0 Å². The summed E-state index contributed by atoms with van der Waals surface area (Å²) < 4.78 is 16.7. The van der Waals surface area contributed by atoms with Crippen molar-refractivity contribution in [3.63, 3.8) is 0 Å². The van der Waals surface area contributed by atoms with E-state index in [0.717, 1.165) is 31.0 Å². The molecule has 0 aromatic carbocycles. The van der Waals surface area contributed by atoms with Crippen LogP contribution in [0.15, 0.2) is 18.3 Å². The highest BCUT2D eigenvalue weighted by molar-refractivity contribution is 5.49. The van der Waals surface area contributed by atoms with Crippen molar-refractivity contribution in [2.45, 2.75) is 25.4 Å². The maximum Gasteiger partial charge on any atom is 0.168 e. The summed E-state index contributed by atoms with van der Waals surface area (Å²) in [5, 5.41) is 3.31. The molecular formula is C14H22N2O3. The molecule has 0 saturated carbocycles. The Kier molecular flexibility index (Phi) is 4.99. The third kappa shape index (κ3) is 3.58. The lowest BCUT2D eigenvalue weighted by Crippen LogP contribution is -2.39. The van der Waals surface area contributed by atoms with E-state index < -0.39 is 0 Å². The fourth-order valence-electron chi connectivity index (χ4n) is 2.06. The molecule has 1 aromatic heterocycles. The van der Waals surface area contributed by atoms with E-state index in [1.54, 1.807) is 13.3 Å². The van der Waals surface area contributed by atoms with Gasteiger partial charge in [0.1, 0.15) is 5.60 Å². The molecule has 0 spiro atoms. The van der Waals surface area contributed by atoms with Crippen LogP contribution in [0.4, 0.5) is 5.82 Å². The number of ether oxygens (including phenoxy) is 3. The molecule has 1 fully saturated rings. The molecule has 1 N–H and O–H groups in total. The minimum absolute atomic E-state index is 0.250. The van der Waals surface area contributed by atoms with Crippen LogP contribution < -0.4 is 10.1 Å². The Morgan fingerprint density at radius 3 is 3.11 bits per heavy atom. The first-order chi connectivity index (χ1) is 9.29. The minimum atomic E-state index is -0.250. The Labute approximate surface area is 114 Å². The molecule has 5 nitrogen and oxygen atoms in total. The van der Waals surface area contributed by atoms with E-state index in [0.29, 0.717) is 19.8 Å². The first-order valence-electron chi connectivity index (χ1n) is 6.74. The van der Waals surface area contributed by atoms with Gasteiger partial charge < -0.3 is 19.5 Å². The average Bonchev–Trinajstić information content (AvgIpc) is 2.93. The lowest BCUT2D eigenvalue weighted by atomic mass is 10.0. The molecule has 5 heteroatoms. The molecule has 19 heavy (non-hydrogen) atoms. The van der Waals surface area contributed by atoms with Crippen LogP contribution in [0.1, 0.15) is 19.8 Å². The van der Waals surface area contributed by atoms with Crippen LogP contribution in [-0.2, 0) is 9.47 Å². The fourth-order valence-corrected chi connectivity index (χ4v) is 2.06. The summed E-state index contributed by atoms with van der Waals surface area (Å²) in [5.74, 6) is 1.55. The number of anilines is 1. The van der Waals surface area contributed by atoms with E-state index in [-0.39, 0.29) is 5.60 Å². The number of rotatable bonds is 7. The molecule has 0 amide bonds. The second-order valence-electron chi connectivity index (χ2n) is 4.74. The highest BCUT2D eigenvalue weighted by Gasteiger charge is 2.35. The molecule has 1 aliphatic rings. The van der Waals surface area contributed by atoms with E-state index in [2.05, 4.69) is 17.2 Å². The largest absolute Gasteiger partial charge is 0.490 e. The lowest BCUT2D eigenvalue weighted by molar-refractivity contribution is -0.00628. The lowest BCUT2D eigenvalue weighted by Gasteiger charge is -2.26. The predicted molar refractivity (Wildman–Crippen MR) is 73.7 cm³/mol. The van der Waals surface area contributed by atoms with Crippen LogP contribution in [0.3, 0.4) is 0 Å². The van der Waals surface area contributed by atoms with Crippen molar-refractivity contribution >= 4 is 5.82 Å². The van der Waals surface area contributed by atoms with E-state index in [1.807, 2.05) is 12.1 Å². The molecule has 106 valence electrons. The molecule has 0 aliphatic carbocycles. The first-order valence-corrected chi connectivity index (χ1v) is 6.74. The van der Waals surface area contributed by atoms with Crippen molar-refractivity contribution in [2.75, 3.05) is 38.8 Å². The van der Waals surface area contributed by atoms with Crippen LogP contribution in [0.2, 0.25) is 0 Å². The molecule has 1 aromatic rings. The summed E-state index contributed by atoms with van der Waals surface area (Å²) in [5.41, 5.74) is -0.250. The second kappa shape index (κ2) is 6.73. The van der Waals surface area contributed by atoms with Crippen LogP contribution >= 0.6 is 0 Å². The third-order valence-corrected chi connectivity index (χ3v) is 3.31. The van der Waals surface area contributed by atoms with Crippen molar-refractivity contribution in [1.82, 2.24) is 4.98 Å². The second-order valence-corrected chi connectivity index (χ2v) is 4.74. The van der Waals surface area contributed by atoms with Gasteiger partial charge >= 0.3 is 0 Å². The Bertz CT molecular complexity index is 392. The molecule has 2 heterocycles. The summed E-state index contributed by atoms with van der Waals surface area (Å²) in [6, 6.07) is 3.80. The Balaban J connectivity index is 1.98. The molecule has 1 unspecified atom stereocenters. The molecular weight excluding hydrogens is 244 g/mol. The van der Waals surface area contributed by atoms with Gasteiger partial charge in [0.15, 0.2) is 11.6 Å². The number of nitrogens with zero attached hydrogens (tertiary/aromatic N) is 1. The molecule has 0 bridgehead atoms. The number of nitrogens with one attached hydrogen (secondary N) is 1. The summed E-state index contributed by atoms with van der Waals surface area (Å²) in [6.45, 7) is 4.81. The minimum Gasteiger partial charge on any atom is -0.490 e. The van der Waals surface area contributed by atoms with E-state index in [4.69, 9.17) is 14.2 Å². The molecule has 2 rings (SSSR count). The zero-order chi connectivity index (χ0) is 13.6. The number of methoxy groups -OCH3 is 1. The van der Waals surface area contributed by atoms with Crippen LogP contribution in [-0.4, -0.2) is 44.1 Å². The number of pyridine rings is 1. The summed E-state index contributed by atoms with van der Waals surface area (Å²) >= 11 is 0. The van der Waals surface area contributed by atoms with Gasteiger partial charge in [-0.1, -0.05) is 6.92 Å².